The molecular formula is C88H72N2O. The predicted octanol–water partition coefficient (Wildman–Crippen LogP) is 23.4. The first-order chi connectivity index (χ1) is 44.9. The van der Waals surface area contributed by atoms with E-state index in [9.17, 15) is 0 Å². The van der Waals surface area contributed by atoms with Crippen molar-refractivity contribution >= 4 is 34.1 Å². The second-order valence-electron chi connectivity index (χ2n) is 24.6. The summed E-state index contributed by atoms with van der Waals surface area (Å²) in [5.74, 6) is 1.75. The normalized spacial score (nSPS) is 13.2. The molecule has 2 aliphatic rings. The zero-order valence-corrected chi connectivity index (χ0v) is 51.7. The predicted molar refractivity (Wildman–Crippen MR) is 380 cm³/mol. The third kappa shape index (κ3) is 11.1. The standard InChI is InChI=1S/C88H72N2O/c1-3-64(57-62(2)65-33-35-67(36-34-65)71-39-37-68-38-40-72(68)58-71)66-31-29-63(30-32-66)61-91-83-53-47-76(48-54-83)88(75-19-9-4-10-20-75)86-59-73(69-41-49-81(50-42-69)89(77-21-11-5-12-22-77)78-23-13-6-14-24-78)45-55-84(86)85-56-46-74(60-87(85)88)70-43-51-82(52-44-70)90(79-25-15-7-16-26-79)80-27-17-8-18-28-80/h4-37,39,41-56,58-60,62,64H,3,38,40,57,61H2,1-2H3. The van der Waals surface area contributed by atoms with Crippen LogP contribution in [0.3, 0.4) is 0 Å². The van der Waals surface area contributed by atoms with Crippen LogP contribution in [0, 0.1) is 0 Å². The first-order valence-corrected chi connectivity index (χ1v) is 32.4. The molecule has 0 amide bonds. The van der Waals surface area contributed by atoms with Crippen molar-refractivity contribution in [2.45, 2.75) is 63.4 Å². The molecule has 440 valence electrons. The van der Waals surface area contributed by atoms with E-state index < -0.39 is 5.41 Å². The summed E-state index contributed by atoms with van der Waals surface area (Å²) in [7, 11) is 0. The van der Waals surface area contributed by atoms with Gasteiger partial charge in [0.1, 0.15) is 12.4 Å². The van der Waals surface area contributed by atoms with Crippen LogP contribution in [0.25, 0.3) is 44.5 Å². The molecule has 15 rings (SSSR count). The fourth-order valence-electron chi connectivity index (χ4n) is 14.3. The van der Waals surface area contributed by atoms with Crippen LogP contribution in [0.15, 0.2) is 328 Å². The number of ether oxygens (including phenoxy) is 1. The lowest BCUT2D eigenvalue weighted by Crippen LogP contribution is -2.28. The topological polar surface area (TPSA) is 15.7 Å². The number of hydrogen-bond donors (Lipinski definition) is 0. The van der Waals surface area contributed by atoms with E-state index in [0.717, 1.165) is 80.5 Å². The van der Waals surface area contributed by atoms with Crippen molar-refractivity contribution in [3.63, 3.8) is 0 Å². The summed E-state index contributed by atoms with van der Waals surface area (Å²) in [6.07, 6.45) is 4.62. The maximum absolute atomic E-state index is 6.71. The first-order valence-electron chi connectivity index (χ1n) is 32.4. The highest BCUT2D eigenvalue weighted by atomic mass is 16.5. The minimum atomic E-state index is -0.680. The monoisotopic (exact) mass is 1170 g/mol. The van der Waals surface area contributed by atoms with Crippen LogP contribution in [0.4, 0.5) is 34.1 Å². The van der Waals surface area contributed by atoms with E-state index in [-0.39, 0.29) is 0 Å². The first kappa shape index (κ1) is 56.7. The smallest absolute Gasteiger partial charge is 0.119 e. The number of aryl methyl sites for hydroxylation is 2. The average molecular weight is 1170 g/mol. The van der Waals surface area contributed by atoms with E-state index in [1.54, 1.807) is 0 Å². The van der Waals surface area contributed by atoms with Gasteiger partial charge in [0.05, 0.1) is 5.41 Å². The van der Waals surface area contributed by atoms with Gasteiger partial charge in [-0.25, -0.2) is 0 Å². The zero-order valence-electron chi connectivity index (χ0n) is 51.7. The van der Waals surface area contributed by atoms with Crippen LogP contribution in [-0.4, -0.2) is 0 Å². The minimum Gasteiger partial charge on any atom is -0.489 e. The van der Waals surface area contributed by atoms with Crippen LogP contribution >= 0.6 is 0 Å². The second-order valence-corrected chi connectivity index (χ2v) is 24.6. The quantitative estimate of drug-likeness (QED) is 0.0802. The number of nitrogens with zero attached hydrogens (tertiary/aromatic N) is 2. The molecule has 0 N–H and O–H groups in total. The molecule has 13 aromatic carbocycles. The van der Waals surface area contributed by atoms with Gasteiger partial charge in [-0.3, -0.25) is 0 Å². The average Bonchev–Trinajstić information content (AvgIpc) is 1.55. The Morgan fingerprint density at radius 1 is 0.352 bits per heavy atom. The summed E-state index contributed by atoms with van der Waals surface area (Å²) < 4.78 is 6.71. The van der Waals surface area contributed by atoms with Crippen LogP contribution in [0.5, 0.6) is 5.75 Å². The van der Waals surface area contributed by atoms with Crippen molar-refractivity contribution in [3.8, 4) is 50.3 Å². The molecule has 91 heavy (non-hydrogen) atoms. The molecule has 2 aliphatic carbocycles. The molecule has 3 nitrogen and oxygen atoms in total. The zero-order chi connectivity index (χ0) is 61.1. The Balaban J connectivity index is 0.746. The van der Waals surface area contributed by atoms with E-state index >= 15 is 0 Å². The lowest BCUT2D eigenvalue weighted by atomic mass is 9.67. The van der Waals surface area contributed by atoms with Gasteiger partial charge in [-0.15, -0.1) is 0 Å². The molecule has 13 aromatic rings. The molecular weight excluding hydrogens is 1100 g/mol. The van der Waals surface area contributed by atoms with Crippen molar-refractivity contribution in [1.82, 2.24) is 0 Å². The lowest BCUT2D eigenvalue weighted by molar-refractivity contribution is 0.306. The third-order valence-corrected chi connectivity index (χ3v) is 19.3. The summed E-state index contributed by atoms with van der Waals surface area (Å²) in [4.78, 5) is 4.64. The van der Waals surface area contributed by atoms with Crippen molar-refractivity contribution in [1.29, 1.82) is 0 Å². The van der Waals surface area contributed by atoms with Gasteiger partial charge in [0.15, 0.2) is 0 Å². The number of rotatable bonds is 19. The minimum absolute atomic E-state index is 0.448. The number of para-hydroxylation sites is 4. The van der Waals surface area contributed by atoms with E-state index in [4.69, 9.17) is 4.74 Å². The van der Waals surface area contributed by atoms with Crippen LogP contribution < -0.4 is 14.5 Å². The van der Waals surface area contributed by atoms with Gasteiger partial charge in [0, 0.05) is 34.1 Å². The maximum atomic E-state index is 6.71. The van der Waals surface area contributed by atoms with Gasteiger partial charge < -0.3 is 14.5 Å². The number of hydrogen-bond acceptors (Lipinski definition) is 3. The number of benzene rings is 13. The van der Waals surface area contributed by atoms with Gasteiger partial charge in [0.2, 0.25) is 0 Å². The van der Waals surface area contributed by atoms with Crippen LogP contribution in [0.1, 0.15) is 88.6 Å². The molecule has 0 saturated heterocycles. The van der Waals surface area contributed by atoms with Crippen molar-refractivity contribution in [3.05, 3.63) is 378 Å². The van der Waals surface area contributed by atoms with Gasteiger partial charge in [0.25, 0.3) is 0 Å². The Kier molecular flexibility index (Phi) is 15.6. The Bertz CT molecular complexity index is 4350. The fraction of sp³-hybridized carbons (Fsp3) is 0.114. The number of fused-ring (bicyclic) bond motifs is 4. The molecule has 0 radical (unpaired) electrons. The molecule has 0 aliphatic heterocycles. The molecule has 0 spiro atoms. The largest absolute Gasteiger partial charge is 0.489 e. The van der Waals surface area contributed by atoms with Gasteiger partial charge in [-0.1, -0.05) is 244 Å². The molecule has 0 heterocycles. The second kappa shape index (κ2) is 25.0. The van der Waals surface area contributed by atoms with Gasteiger partial charge >= 0.3 is 0 Å². The molecule has 0 bridgehead atoms. The molecule has 0 saturated carbocycles. The van der Waals surface area contributed by atoms with E-state index in [1.165, 1.54) is 79.6 Å². The Labute approximate surface area is 536 Å². The van der Waals surface area contributed by atoms with Crippen LogP contribution in [0.2, 0.25) is 0 Å². The summed E-state index contributed by atoms with van der Waals surface area (Å²) in [6.45, 7) is 5.19. The van der Waals surface area contributed by atoms with Gasteiger partial charge in [-0.05, 0) is 229 Å². The molecule has 0 aromatic heterocycles. The third-order valence-electron chi connectivity index (χ3n) is 19.3. The maximum Gasteiger partial charge on any atom is 0.119 e. The summed E-state index contributed by atoms with van der Waals surface area (Å²) in [6, 6.07) is 120. The number of anilines is 6. The fourth-order valence-corrected chi connectivity index (χ4v) is 14.3. The summed E-state index contributed by atoms with van der Waals surface area (Å²) in [5, 5.41) is 0. The van der Waals surface area contributed by atoms with Crippen molar-refractivity contribution in [2.75, 3.05) is 9.80 Å². The summed E-state index contributed by atoms with van der Waals surface area (Å²) in [5.41, 5.74) is 27.5. The van der Waals surface area contributed by atoms with Gasteiger partial charge in [-0.2, -0.15) is 0 Å². The van der Waals surface area contributed by atoms with E-state index in [2.05, 4.69) is 351 Å². The highest BCUT2D eigenvalue weighted by Crippen LogP contribution is 2.58. The Hall–Kier alpha value is -10.7. The van der Waals surface area contributed by atoms with Crippen molar-refractivity contribution in [2.24, 2.45) is 0 Å². The summed E-state index contributed by atoms with van der Waals surface area (Å²) >= 11 is 0. The SMILES string of the molecule is CCC(CC(C)c1ccc(-c2ccc3c(c2)CC3)cc1)c1ccc(COc2ccc(C3(c4ccccc4)c4cc(-c5ccc(N(c6ccccc6)c6ccccc6)cc5)ccc4-c4ccc(-c5ccc(N(c6ccccc6)c6ccccc6)cc5)cc43)cc2)cc1. The van der Waals surface area contributed by atoms with E-state index in [0.29, 0.717) is 18.4 Å². The van der Waals surface area contributed by atoms with Crippen LogP contribution in [-0.2, 0) is 24.9 Å². The lowest BCUT2D eigenvalue weighted by Gasteiger charge is -2.34. The highest BCUT2D eigenvalue weighted by Gasteiger charge is 2.46. The highest BCUT2D eigenvalue weighted by molar-refractivity contribution is 5.91. The molecule has 3 heteroatoms. The molecule has 0 fully saturated rings. The van der Waals surface area contributed by atoms with E-state index in [1.807, 2.05) is 0 Å². The Morgan fingerprint density at radius 3 is 1.18 bits per heavy atom. The molecule has 2 atom stereocenters. The van der Waals surface area contributed by atoms with Crippen molar-refractivity contribution < 1.29 is 4.74 Å². The molecule has 2 unspecified atom stereocenters. The Morgan fingerprint density at radius 2 is 0.736 bits per heavy atom.